The topological polar surface area (TPSA) is 160 Å². The molecule has 2 aliphatic rings. The van der Waals surface area contributed by atoms with Crippen LogP contribution in [-0.2, 0) is 9.47 Å². The predicted octanol–water partition coefficient (Wildman–Crippen LogP) is -1.73. The molecule has 164 valence electrons. The molecule has 0 aromatic carbocycles. The SMILES string of the molecule is C[C@H]1C[C@@H](O)CC(C)(C)[C@]1(O)/C=C/[C@@H](CO)O[C@@H]1O[C@H](CO)[C@@H](O)[C@H](O)[C@H]1O. The first kappa shape index (κ1) is 23.7. The van der Waals surface area contributed by atoms with Gasteiger partial charge >= 0.3 is 0 Å². The Morgan fingerprint density at radius 3 is 2.29 bits per heavy atom. The second-order valence-electron chi connectivity index (χ2n) is 8.62. The van der Waals surface area contributed by atoms with Crippen LogP contribution in [0.3, 0.4) is 0 Å². The molecule has 9 atom stereocenters. The summed E-state index contributed by atoms with van der Waals surface area (Å²) in [5, 5.41) is 69.8. The molecule has 1 heterocycles. The first-order valence-electron chi connectivity index (χ1n) is 9.63. The molecule has 7 N–H and O–H groups in total. The molecule has 1 saturated heterocycles. The average Bonchev–Trinajstić information content (AvgIpc) is 2.62. The summed E-state index contributed by atoms with van der Waals surface area (Å²) in [6, 6.07) is 0. The maximum atomic E-state index is 11.2. The zero-order chi connectivity index (χ0) is 21.3. The van der Waals surface area contributed by atoms with Crippen LogP contribution < -0.4 is 0 Å². The summed E-state index contributed by atoms with van der Waals surface area (Å²) in [7, 11) is 0. The van der Waals surface area contributed by atoms with Gasteiger partial charge in [-0.2, -0.15) is 0 Å². The molecular formula is C19H34O9. The van der Waals surface area contributed by atoms with Crippen molar-refractivity contribution >= 4 is 0 Å². The Labute approximate surface area is 164 Å². The van der Waals surface area contributed by atoms with Crippen molar-refractivity contribution in [3.63, 3.8) is 0 Å². The van der Waals surface area contributed by atoms with Gasteiger partial charge in [-0.05, 0) is 24.2 Å². The summed E-state index contributed by atoms with van der Waals surface area (Å²) in [5.74, 6) is -0.242. The van der Waals surface area contributed by atoms with Gasteiger partial charge in [0, 0.05) is 0 Å². The molecular weight excluding hydrogens is 372 g/mol. The molecule has 1 saturated carbocycles. The first-order chi connectivity index (χ1) is 13.0. The number of hydrogen-bond acceptors (Lipinski definition) is 9. The molecule has 0 radical (unpaired) electrons. The van der Waals surface area contributed by atoms with Crippen molar-refractivity contribution in [3.05, 3.63) is 12.2 Å². The van der Waals surface area contributed by atoms with Gasteiger partial charge < -0.3 is 45.2 Å². The van der Waals surface area contributed by atoms with E-state index in [-0.39, 0.29) is 5.92 Å². The molecule has 1 aliphatic carbocycles. The molecule has 0 unspecified atom stereocenters. The minimum Gasteiger partial charge on any atom is -0.394 e. The summed E-state index contributed by atoms with van der Waals surface area (Å²) in [4.78, 5) is 0. The summed E-state index contributed by atoms with van der Waals surface area (Å²) in [5.41, 5.74) is -1.87. The van der Waals surface area contributed by atoms with Gasteiger partial charge in [0.2, 0.25) is 0 Å². The van der Waals surface area contributed by atoms with Gasteiger partial charge in [-0.25, -0.2) is 0 Å². The molecule has 2 fully saturated rings. The maximum absolute atomic E-state index is 11.2. The molecule has 0 aromatic heterocycles. The van der Waals surface area contributed by atoms with Crippen molar-refractivity contribution in [1.29, 1.82) is 0 Å². The van der Waals surface area contributed by atoms with Crippen molar-refractivity contribution in [1.82, 2.24) is 0 Å². The lowest BCUT2D eigenvalue weighted by Gasteiger charge is -2.50. The van der Waals surface area contributed by atoms with Crippen LogP contribution in [0.4, 0.5) is 0 Å². The lowest BCUT2D eigenvalue weighted by Crippen LogP contribution is -2.59. The van der Waals surface area contributed by atoms with Crippen LogP contribution in [0.2, 0.25) is 0 Å². The number of rotatable bonds is 6. The summed E-state index contributed by atoms with van der Waals surface area (Å²) in [6.45, 7) is 4.46. The van der Waals surface area contributed by atoms with E-state index in [9.17, 15) is 35.7 Å². The molecule has 0 aromatic rings. The van der Waals surface area contributed by atoms with Crippen LogP contribution in [-0.4, -0.2) is 97.5 Å². The van der Waals surface area contributed by atoms with Gasteiger partial charge in [0.1, 0.15) is 30.5 Å². The van der Waals surface area contributed by atoms with E-state index in [0.29, 0.717) is 12.8 Å². The molecule has 1 aliphatic heterocycles. The van der Waals surface area contributed by atoms with E-state index in [1.165, 1.54) is 12.2 Å². The van der Waals surface area contributed by atoms with E-state index in [1.807, 2.05) is 20.8 Å². The number of ether oxygens (including phenoxy) is 2. The lowest BCUT2D eigenvalue weighted by atomic mass is 9.60. The third-order valence-corrected chi connectivity index (χ3v) is 6.11. The Hall–Kier alpha value is -0.620. The van der Waals surface area contributed by atoms with Gasteiger partial charge in [0.05, 0.1) is 24.9 Å². The second-order valence-corrected chi connectivity index (χ2v) is 8.62. The zero-order valence-corrected chi connectivity index (χ0v) is 16.5. The molecule has 0 bridgehead atoms. The average molecular weight is 406 g/mol. The van der Waals surface area contributed by atoms with Crippen LogP contribution in [0.15, 0.2) is 12.2 Å². The highest BCUT2D eigenvalue weighted by atomic mass is 16.7. The van der Waals surface area contributed by atoms with E-state index in [4.69, 9.17) is 9.47 Å². The van der Waals surface area contributed by atoms with Crippen LogP contribution in [0.5, 0.6) is 0 Å². The normalized spacial score (nSPS) is 45.3. The van der Waals surface area contributed by atoms with Crippen molar-refractivity contribution in [2.45, 2.75) is 82.1 Å². The van der Waals surface area contributed by atoms with E-state index in [2.05, 4.69) is 0 Å². The highest BCUT2D eigenvalue weighted by Crippen LogP contribution is 2.48. The third kappa shape index (κ3) is 4.58. The Morgan fingerprint density at radius 1 is 1.11 bits per heavy atom. The third-order valence-electron chi connectivity index (χ3n) is 6.11. The van der Waals surface area contributed by atoms with Crippen molar-refractivity contribution in [2.24, 2.45) is 11.3 Å². The van der Waals surface area contributed by atoms with E-state index >= 15 is 0 Å². The quantitative estimate of drug-likeness (QED) is 0.254. The van der Waals surface area contributed by atoms with Crippen LogP contribution in [0.1, 0.15) is 33.6 Å². The Kier molecular flexibility index (Phi) is 7.63. The standard InChI is InChI=1S/C19H34O9/c1-10-6-11(22)7-18(2,3)19(10,26)5-4-12(8-20)27-17-16(25)15(24)14(23)13(9-21)28-17/h4-5,10-17,20-26H,6-9H2,1-3H3/b5-4+/t10-,11+,12-,13+,14+,15-,16+,17+,19-/m0/s1. The van der Waals surface area contributed by atoms with Gasteiger partial charge in [0.15, 0.2) is 6.29 Å². The van der Waals surface area contributed by atoms with Crippen molar-refractivity contribution < 1.29 is 45.2 Å². The van der Waals surface area contributed by atoms with Gasteiger partial charge in [-0.15, -0.1) is 0 Å². The highest BCUT2D eigenvalue weighted by molar-refractivity contribution is 5.15. The van der Waals surface area contributed by atoms with Crippen molar-refractivity contribution in [3.8, 4) is 0 Å². The summed E-state index contributed by atoms with van der Waals surface area (Å²) >= 11 is 0. The number of hydrogen-bond donors (Lipinski definition) is 7. The minimum atomic E-state index is -1.58. The molecule has 2 rings (SSSR count). The first-order valence-corrected chi connectivity index (χ1v) is 9.63. The van der Waals surface area contributed by atoms with Crippen LogP contribution >= 0.6 is 0 Å². The largest absolute Gasteiger partial charge is 0.394 e. The number of aliphatic hydroxyl groups excluding tert-OH is 6. The fourth-order valence-electron chi connectivity index (χ4n) is 4.24. The Balaban J connectivity index is 2.13. The minimum absolute atomic E-state index is 0.242. The van der Waals surface area contributed by atoms with Gasteiger partial charge in [-0.3, -0.25) is 0 Å². The van der Waals surface area contributed by atoms with Gasteiger partial charge in [-0.1, -0.05) is 32.9 Å². The van der Waals surface area contributed by atoms with Crippen LogP contribution in [0.25, 0.3) is 0 Å². The van der Waals surface area contributed by atoms with Gasteiger partial charge in [0.25, 0.3) is 0 Å². The summed E-state index contributed by atoms with van der Waals surface area (Å²) in [6.07, 6.45) is -4.80. The zero-order valence-electron chi connectivity index (χ0n) is 16.5. The molecule has 28 heavy (non-hydrogen) atoms. The van der Waals surface area contributed by atoms with E-state index < -0.39 is 67.1 Å². The van der Waals surface area contributed by atoms with E-state index in [1.54, 1.807) is 0 Å². The Morgan fingerprint density at radius 2 is 1.75 bits per heavy atom. The fourth-order valence-corrected chi connectivity index (χ4v) is 4.24. The molecule has 9 nitrogen and oxygen atoms in total. The van der Waals surface area contributed by atoms with Crippen molar-refractivity contribution in [2.75, 3.05) is 13.2 Å². The highest BCUT2D eigenvalue weighted by Gasteiger charge is 2.50. The molecule has 9 heteroatoms. The number of aliphatic hydroxyl groups is 7. The summed E-state index contributed by atoms with van der Waals surface area (Å²) < 4.78 is 10.8. The maximum Gasteiger partial charge on any atom is 0.187 e. The van der Waals surface area contributed by atoms with Crippen LogP contribution in [0, 0.1) is 11.3 Å². The smallest absolute Gasteiger partial charge is 0.187 e. The lowest BCUT2D eigenvalue weighted by molar-refractivity contribution is -0.309. The Bertz CT molecular complexity index is 537. The molecule has 0 spiro atoms. The monoisotopic (exact) mass is 406 g/mol. The van der Waals surface area contributed by atoms with E-state index in [0.717, 1.165) is 0 Å². The predicted molar refractivity (Wildman–Crippen MR) is 98.0 cm³/mol. The molecule has 0 amide bonds. The second kappa shape index (κ2) is 9.03. The fraction of sp³-hybridized carbons (Fsp3) is 0.895.